The van der Waals surface area contributed by atoms with Crippen LogP contribution < -0.4 is 5.73 Å². The van der Waals surface area contributed by atoms with Crippen LogP contribution in [0.25, 0.3) is 0 Å². The van der Waals surface area contributed by atoms with Crippen LogP contribution >= 0.6 is 0 Å². The average Bonchev–Trinajstić information content (AvgIpc) is 2.23. The van der Waals surface area contributed by atoms with Crippen molar-refractivity contribution in [3.63, 3.8) is 0 Å². The van der Waals surface area contributed by atoms with Crippen LogP contribution in [0.15, 0.2) is 18.2 Å². The highest BCUT2D eigenvalue weighted by Crippen LogP contribution is 2.40. The van der Waals surface area contributed by atoms with E-state index in [4.69, 9.17) is 5.73 Å². The van der Waals surface area contributed by atoms with Gasteiger partial charge in [0, 0.05) is 0 Å². The van der Waals surface area contributed by atoms with Crippen molar-refractivity contribution in [2.75, 3.05) is 5.73 Å². The molecular formula is C13H18FN. The van der Waals surface area contributed by atoms with Gasteiger partial charge < -0.3 is 5.73 Å². The number of para-hydroxylation sites is 1. The molecule has 0 spiro atoms. The molecule has 1 aromatic carbocycles. The van der Waals surface area contributed by atoms with Crippen molar-refractivity contribution in [2.24, 2.45) is 5.92 Å². The summed E-state index contributed by atoms with van der Waals surface area (Å²) < 4.78 is 13.3. The molecule has 0 radical (unpaired) electrons. The zero-order valence-electron chi connectivity index (χ0n) is 9.17. The monoisotopic (exact) mass is 207 g/mol. The summed E-state index contributed by atoms with van der Waals surface area (Å²) in [5.41, 5.74) is 7.17. The second-order valence-electron chi connectivity index (χ2n) is 4.61. The van der Waals surface area contributed by atoms with Crippen LogP contribution in [0.3, 0.4) is 0 Å². The third-order valence-electron chi connectivity index (χ3n) is 3.60. The summed E-state index contributed by atoms with van der Waals surface area (Å²) >= 11 is 0. The van der Waals surface area contributed by atoms with Gasteiger partial charge in [0.15, 0.2) is 0 Å². The molecule has 0 aromatic heterocycles. The Kier molecular flexibility index (Phi) is 2.94. The van der Waals surface area contributed by atoms with Gasteiger partial charge >= 0.3 is 0 Å². The van der Waals surface area contributed by atoms with Crippen molar-refractivity contribution in [1.82, 2.24) is 0 Å². The van der Waals surface area contributed by atoms with Gasteiger partial charge in [-0.3, -0.25) is 0 Å². The average molecular weight is 207 g/mol. The molecule has 15 heavy (non-hydrogen) atoms. The zero-order chi connectivity index (χ0) is 10.8. The highest BCUT2D eigenvalue weighted by atomic mass is 19.1. The van der Waals surface area contributed by atoms with Crippen LogP contribution in [0.2, 0.25) is 0 Å². The predicted molar refractivity (Wildman–Crippen MR) is 61.2 cm³/mol. The third-order valence-corrected chi connectivity index (χ3v) is 3.60. The van der Waals surface area contributed by atoms with Gasteiger partial charge in [0.05, 0.1) is 5.69 Å². The zero-order valence-corrected chi connectivity index (χ0v) is 9.17. The van der Waals surface area contributed by atoms with Crippen LogP contribution in [0.1, 0.15) is 44.1 Å². The summed E-state index contributed by atoms with van der Waals surface area (Å²) in [4.78, 5) is 0. The summed E-state index contributed by atoms with van der Waals surface area (Å²) in [5, 5.41) is 0. The lowest BCUT2D eigenvalue weighted by Gasteiger charge is -2.30. The minimum absolute atomic E-state index is 0.273. The molecule has 2 rings (SSSR count). The van der Waals surface area contributed by atoms with E-state index in [1.165, 1.54) is 25.3 Å². The van der Waals surface area contributed by atoms with Gasteiger partial charge in [0.2, 0.25) is 0 Å². The van der Waals surface area contributed by atoms with Gasteiger partial charge in [-0.1, -0.05) is 38.3 Å². The Balaban J connectivity index is 2.31. The molecule has 0 bridgehead atoms. The van der Waals surface area contributed by atoms with Crippen LogP contribution in [0.4, 0.5) is 10.1 Å². The largest absolute Gasteiger partial charge is 0.396 e. The van der Waals surface area contributed by atoms with Crippen LogP contribution in [-0.4, -0.2) is 0 Å². The van der Waals surface area contributed by atoms with Gasteiger partial charge in [0.1, 0.15) is 5.82 Å². The van der Waals surface area contributed by atoms with E-state index in [2.05, 4.69) is 6.92 Å². The first-order chi connectivity index (χ1) is 7.20. The van der Waals surface area contributed by atoms with Crippen molar-refractivity contribution in [3.8, 4) is 0 Å². The van der Waals surface area contributed by atoms with Gasteiger partial charge in [-0.25, -0.2) is 4.39 Å². The molecule has 0 amide bonds. The van der Waals surface area contributed by atoms with Crippen LogP contribution in [0.5, 0.6) is 0 Å². The maximum Gasteiger partial charge on any atom is 0.146 e. The molecule has 2 heteroatoms. The molecule has 0 saturated heterocycles. The Morgan fingerprint density at radius 1 is 1.27 bits per heavy atom. The first kappa shape index (κ1) is 10.5. The number of halogens is 1. The molecule has 2 unspecified atom stereocenters. The minimum atomic E-state index is -0.273. The first-order valence-electron chi connectivity index (χ1n) is 5.74. The molecule has 1 saturated carbocycles. The number of hydrogen-bond acceptors (Lipinski definition) is 1. The van der Waals surface area contributed by atoms with E-state index in [9.17, 15) is 4.39 Å². The maximum absolute atomic E-state index is 13.3. The molecule has 0 heterocycles. The second-order valence-corrected chi connectivity index (χ2v) is 4.61. The Hall–Kier alpha value is -1.05. The number of anilines is 1. The number of hydrogen-bond donors (Lipinski definition) is 1. The van der Waals surface area contributed by atoms with Gasteiger partial charge in [-0.05, 0) is 29.9 Å². The molecule has 1 aliphatic carbocycles. The lowest BCUT2D eigenvalue weighted by molar-refractivity contribution is 0.331. The molecule has 1 fully saturated rings. The minimum Gasteiger partial charge on any atom is -0.396 e. The van der Waals surface area contributed by atoms with Crippen molar-refractivity contribution in [3.05, 3.63) is 29.6 Å². The number of nitrogens with two attached hydrogens (primary N) is 1. The van der Waals surface area contributed by atoms with Crippen molar-refractivity contribution >= 4 is 5.69 Å². The fourth-order valence-electron chi connectivity index (χ4n) is 2.66. The lowest BCUT2D eigenvalue weighted by atomic mass is 9.76. The third kappa shape index (κ3) is 1.99. The Labute approximate surface area is 90.5 Å². The molecule has 1 aliphatic rings. The molecular weight excluding hydrogens is 189 g/mol. The van der Waals surface area contributed by atoms with E-state index in [1.807, 2.05) is 6.07 Å². The lowest BCUT2D eigenvalue weighted by Crippen LogP contribution is -2.16. The summed E-state index contributed by atoms with van der Waals surface area (Å²) in [6.07, 6.45) is 4.92. The molecule has 82 valence electrons. The maximum atomic E-state index is 13.3. The van der Waals surface area contributed by atoms with Crippen LogP contribution in [-0.2, 0) is 0 Å². The topological polar surface area (TPSA) is 26.0 Å². The Morgan fingerprint density at radius 2 is 2.00 bits per heavy atom. The summed E-state index contributed by atoms with van der Waals surface area (Å²) in [6, 6.07) is 5.18. The van der Waals surface area contributed by atoms with Crippen molar-refractivity contribution in [2.45, 2.75) is 38.5 Å². The Bertz CT molecular complexity index is 348. The molecule has 2 N–H and O–H groups in total. The summed E-state index contributed by atoms with van der Waals surface area (Å²) in [5.74, 6) is 0.808. The fraction of sp³-hybridized carbons (Fsp3) is 0.538. The first-order valence-corrected chi connectivity index (χ1v) is 5.74. The van der Waals surface area contributed by atoms with Crippen molar-refractivity contribution in [1.29, 1.82) is 0 Å². The SMILES string of the molecule is CC1CCCCC1c1cccc(F)c1N. The van der Waals surface area contributed by atoms with Gasteiger partial charge in [0.25, 0.3) is 0 Å². The second kappa shape index (κ2) is 4.21. The van der Waals surface area contributed by atoms with Crippen LogP contribution in [0, 0.1) is 11.7 Å². The Morgan fingerprint density at radius 3 is 2.73 bits per heavy atom. The molecule has 2 atom stereocenters. The van der Waals surface area contributed by atoms with E-state index in [-0.39, 0.29) is 5.82 Å². The van der Waals surface area contributed by atoms with Crippen molar-refractivity contribution < 1.29 is 4.39 Å². The van der Waals surface area contributed by atoms with E-state index >= 15 is 0 Å². The number of benzene rings is 1. The molecule has 0 aliphatic heterocycles. The van der Waals surface area contributed by atoms with E-state index in [1.54, 1.807) is 6.07 Å². The van der Waals surface area contributed by atoms with Gasteiger partial charge in [-0.2, -0.15) is 0 Å². The number of rotatable bonds is 1. The highest BCUT2D eigenvalue weighted by Gasteiger charge is 2.25. The molecule has 1 aromatic rings. The highest BCUT2D eigenvalue weighted by molar-refractivity contribution is 5.50. The van der Waals surface area contributed by atoms with E-state index in [0.29, 0.717) is 17.5 Å². The summed E-state index contributed by atoms with van der Waals surface area (Å²) in [6.45, 7) is 2.24. The quantitative estimate of drug-likeness (QED) is 0.698. The predicted octanol–water partition coefficient (Wildman–Crippen LogP) is 3.70. The fourth-order valence-corrected chi connectivity index (χ4v) is 2.66. The normalized spacial score (nSPS) is 26.5. The van der Waals surface area contributed by atoms with E-state index < -0.39 is 0 Å². The molecule has 1 nitrogen and oxygen atoms in total. The number of nitrogen functional groups attached to an aromatic ring is 1. The smallest absolute Gasteiger partial charge is 0.146 e. The standard InChI is InChI=1S/C13H18FN/c1-9-5-2-3-6-10(9)11-7-4-8-12(14)13(11)15/h4,7-10H,2-3,5-6,15H2,1H3. The summed E-state index contributed by atoms with van der Waals surface area (Å²) in [7, 11) is 0. The van der Waals surface area contributed by atoms with Gasteiger partial charge in [-0.15, -0.1) is 0 Å². The van der Waals surface area contributed by atoms with E-state index in [0.717, 1.165) is 12.0 Å².